The average molecular weight is 332 g/mol. The highest BCUT2D eigenvalue weighted by Crippen LogP contribution is 2.17. The van der Waals surface area contributed by atoms with Crippen molar-refractivity contribution in [2.75, 3.05) is 25.5 Å². The smallest absolute Gasteiger partial charge is 0.233 e. The van der Waals surface area contributed by atoms with E-state index in [1.54, 1.807) is 11.9 Å². The van der Waals surface area contributed by atoms with Crippen LogP contribution in [0.5, 0.6) is 0 Å². The van der Waals surface area contributed by atoms with Gasteiger partial charge in [-0.15, -0.1) is 0 Å². The number of amides is 2. The second kappa shape index (κ2) is 8.83. The SMILES string of the molecule is Cc1cc(C)cc(NC(=O)CC(=O)N(C)CCC[C@@H]2CCCO2)c1. The van der Waals surface area contributed by atoms with Crippen molar-refractivity contribution in [3.63, 3.8) is 0 Å². The van der Waals surface area contributed by atoms with E-state index in [1.165, 1.54) is 0 Å². The Bertz CT molecular complexity index is 560. The maximum Gasteiger partial charge on any atom is 0.233 e. The summed E-state index contributed by atoms with van der Waals surface area (Å²) in [7, 11) is 1.75. The molecular weight excluding hydrogens is 304 g/mol. The fourth-order valence-electron chi connectivity index (χ4n) is 3.08. The standard InChI is InChI=1S/C19H28N2O3/c1-14-10-15(2)12-16(11-14)20-18(22)13-19(23)21(3)8-4-6-17-7-5-9-24-17/h10-12,17H,4-9,13H2,1-3H3,(H,20,22)/t17-/m1/s1. The van der Waals surface area contributed by atoms with Gasteiger partial charge in [0.15, 0.2) is 0 Å². The highest BCUT2D eigenvalue weighted by molar-refractivity contribution is 6.03. The zero-order valence-electron chi connectivity index (χ0n) is 14.9. The zero-order valence-corrected chi connectivity index (χ0v) is 14.9. The van der Waals surface area contributed by atoms with E-state index >= 15 is 0 Å². The van der Waals surface area contributed by atoms with Gasteiger partial charge in [-0.05, 0) is 62.8 Å². The van der Waals surface area contributed by atoms with Crippen molar-refractivity contribution in [2.45, 2.75) is 52.1 Å². The first kappa shape index (κ1) is 18.5. The third-order valence-corrected chi connectivity index (χ3v) is 4.29. The molecule has 1 heterocycles. The number of ether oxygens (including phenoxy) is 1. The number of hydrogen-bond donors (Lipinski definition) is 1. The lowest BCUT2D eigenvalue weighted by Crippen LogP contribution is -2.31. The Balaban J connectivity index is 1.72. The van der Waals surface area contributed by atoms with Gasteiger partial charge < -0.3 is 15.0 Å². The Morgan fingerprint density at radius 2 is 1.96 bits per heavy atom. The molecule has 1 aromatic rings. The summed E-state index contributed by atoms with van der Waals surface area (Å²) in [6, 6.07) is 5.85. The highest BCUT2D eigenvalue weighted by Gasteiger charge is 2.17. The van der Waals surface area contributed by atoms with E-state index in [4.69, 9.17) is 4.74 Å². The topological polar surface area (TPSA) is 58.6 Å². The number of nitrogens with one attached hydrogen (secondary N) is 1. The predicted molar refractivity (Wildman–Crippen MR) is 95.0 cm³/mol. The molecule has 2 amide bonds. The quantitative estimate of drug-likeness (QED) is 0.781. The zero-order chi connectivity index (χ0) is 17.5. The third-order valence-electron chi connectivity index (χ3n) is 4.29. The van der Waals surface area contributed by atoms with Gasteiger partial charge in [0, 0.05) is 25.9 Å². The molecule has 1 saturated heterocycles. The number of hydrogen-bond acceptors (Lipinski definition) is 3. The van der Waals surface area contributed by atoms with Crippen molar-refractivity contribution in [3.05, 3.63) is 29.3 Å². The molecule has 0 radical (unpaired) electrons. The molecule has 0 unspecified atom stereocenters. The number of carbonyl (C=O) groups excluding carboxylic acids is 2. The minimum absolute atomic E-state index is 0.122. The Labute approximate surface area is 144 Å². The van der Waals surface area contributed by atoms with E-state index in [0.717, 1.165) is 49.1 Å². The summed E-state index contributed by atoms with van der Waals surface area (Å²) in [6.45, 7) is 5.48. The van der Waals surface area contributed by atoms with E-state index < -0.39 is 0 Å². The van der Waals surface area contributed by atoms with Crippen LogP contribution >= 0.6 is 0 Å². The summed E-state index contributed by atoms with van der Waals surface area (Å²) in [5.41, 5.74) is 2.91. The van der Waals surface area contributed by atoms with E-state index in [9.17, 15) is 9.59 Å². The van der Waals surface area contributed by atoms with Crippen LogP contribution in [0, 0.1) is 13.8 Å². The molecule has 1 aliphatic heterocycles. The van der Waals surface area contributed by atoms with Gasteiger partial charge >= 0.3 is 0 Å². The van der Waals surface area contributed by atoms with Gasteiger partial charge in [0.25, 0.3) is 0 Å². The molecule has 0 spiro atoms. The molecule has 2 rings (SSSR count). The van der Waals surface area contributed by atoms with Gasteiger partial charge in [-0.3, -0.25) is 9.59 Å². The lowest BCUT2D eigenvalue weighted by Gasteiger charge is -2.18. The van der Waals surface area contributed by atoms with Crippen molar-refractivity contribution >= 4 is 17.5 Å². The predicted octanol–water partition coefficient (Wildman–Crippen LogP) is 3.05. The lowest BCUT2D eigenvalue weighted by atomic mass is 10.1. The molecule has 1 fully saturated rings. The summed E-state index contributed by atoms with van der Waals surface area (Å²) >= 11 is 0. The molecular formula is C19H28N2O3. The number of rotatable bonds is 7. The fraction of sp³-hybridized carbons (Fsp3) is 0.579. The van der Waals surface area contributed by atoms with E-state index in [0.29, 0.717) is 12.6 Å². The first-order chi connectivity index (χ1) is 11.4. The minimum atomic E-state index is -0.268. The number of carbonyl (C=O) groups is 2. The summed E-state index contributed by atoms with van der Waals surface area (Å²) in [5, 5.41) is 2.80. The van der Waals surface area contributed by atoms with E-state index in [2.05, 4.69) is 5.32 Å². The van der Waals surface area contributed by atoms with Crippen LogP contribution in [-0.2, 0) is 14.3 Å². The van der Waals surface area contributed by atoms with Crippen LogP contribution in [0.1, 0.15) is 43.2 Å². The first-order valence-corrected chi connectivity index (χ1v) is 8.68. The molecule has 1 aliphatic rings. The van der Waals surface area contributed by atoms with E-state index in [1.807, 2.05) is 32.0 Å². The van der Waals surface area contributed by atoms with Crippen LogP contribution in [0.25, 0.3) is 0 Å². The summed E-state index contributed by atoms with van der Waals surface area (Å²) in [4.78, 5) is 25.8. The molecule has 0 aliphatic carbocycles. The Morgan fingerprint density at radius 1 is 1.25 bits per heavy atom. The van der Waals surface area contributed by atoms with Gasteiger partial charge in [-0.25, -0.2) is 0 Å². The van der Waals surface area contributed by atoms with Gasteiger partial charge in [-0.1, -0.05) is 6.07 Å². The Hall–Kier alpha value is -1.88. The van der Waals surface area contributed by atoms with Crippen LogP contribution in [0.15, 0.2) is 18.2 Å². The minimum Gasteiger partial charge on any atom is -0.378 e. The molecule has 1 aromatic carbocycles. The number of benzene rings is 1. The van der Waals surface area contributed by atoms with Gasteiger partial charge in [0.05, 0.1) is 6.10 Å². The molecule has 24 heavy (non-hydrogen) atoms. The highest BCUT2D eigenvalue weighted by atomic mass is 16.5. The molecule has 0 aromatic heterocycles. The normalized spacial score (nSPS) is 16.9. The summed E-state index contributed by atoms with van der Waals surface area (Å²) in [5.74, 6) is -0.416. The number of aryl methyl sites for hydroxylation is 2. The largest absolute Gasteiger partial charge is 0.378 e. The van der Waals surface area contributed by atoms with Crippen LogP contribution in [0.4, 0.5) is 5.69 Å². The monoisotopic (exact) mass is 332 g/mol. The van der Waals surface area contributed by atoms with Crippen molar-refractivity contribution in [2.24, 2.45) is 0 Å². The molecule has 1 atom stereocenters. The molecule has 1 N–H and O–H groups in total. The number of nitrogens with zero attached hydrogens (tertiary/aromatic N) is 1. The second-order valence-electron chi connectivity index (χ2n) is 6.69. The van der Waals surface area contributed by atoms with Gasteiger partial charge in [-0.2, -0.15) is 0 Å². The van der Waals surface area contributed by atoms with Crippen molar-refractivity contribution in [1.82, 2.24) is 4.90 Å². The van der Waals surface area contributed by atoms with Crippen LogP contribution in [0.2, 0.25) is 0 Å². The maximum absolute atomic E-state index is 12.1. The van der Waals surface area contributed by atoms with Gasteiger partial charge in [0.2, 0.25) is 11.8 Å². The fourth-order valence-corrected chi connectivity index (χ4v) is 3.08. The van der Waals surface area contributed by atoms with Crippen molar-refractivity contribution in [1.29, 1.82) is 0 Å². The summed E-state index contributed by atoms with van der Waals surface area (Å²) < 4.78 is 5.58. The van der Waals surface area contributed by atoms with Crippen molar-refractivity contribution < 1.29 is 14.3 Å². The molecule has 0 bridgehead atoms. The summed E-state index contributed by atoms with van der Waals surface area (Å²) in [6.07, 6.45) is 4.37. The molecule has 0 saturated carbocycles. The lowest BCUT2D eigenvalue weighted by molar-refractivity contribution is -0.133. The molecule has 132 valence electrons. The average Bonchev–Trinajstić information content (AvgIpc) is 2.99. The van der Waals surface area contributed by atoms with Crippen LogP contribution < -0.4 is 5.32 Å². The van der Waals surface area contributed by atoms with Gasteiger partial charge in [0.1, 0.15) is 6.42 Å². The van der Waals surface area contributed by atoms with Crippen LogP contribution in [0.3, 0.4) is 0 Å². The van der Waals surface area contributed by atoms with Crippen molar-refractivity contribution in [3.8, 4) is 0 Å². The maximum atomic E-state index is 12.1. The first-order valence-electron chi connectivity index (χ1n) is 8.68. The second-order valence-corrected chi connectivity index (χ2v) is 6.69. The third kappa shape index (κ3) is 5.96. The number of anilines is 1. The molecule has 5 nitrogen and oxygen atoms in total. The van der Waals surface area contributed by atoms with Crippen LogP contribution in [-0.4, -0.2) is 43.0 Å². The Morgan fingerprint density at radius 3 is 2.58 bits per heavy atom. The molecule has 5 heteroatoms. The Kier molecular flexibility index (Phi) is 6.79. The van der Waals surface area contributed by atoms with E-state index in [-0.39, 0.29) is 18.2 Å².